The van der Waals surface area contributed by atoms with Gasteiger partial charge in [0, 0.05) is 0 Å². The third kappa shape index (κ3) is 3.04. The molecule has 0 aromatic heterocycles. The highest BCUT2D eigenvalue weighted by Crippen LogP contribution is 2.29. The van der Waals surface area contributed by atoms with Crippen LogP contribution in [0.3, 0.4) is 0 Å². The van der Waals surface area contributed by atoms with Gasteiger partial charge in [-0.1, -0.05) is 6.92 Å². The van der Waals surface area contributed by atoms with Crippen molar-refractivity contribution < 1.29 is 23.7 Å². The fraction of sp³-hybridized carbons (Fsp3) is 0.700. The molecular weight excluding hydrogens is 200 g/mol. The minimum absolute atomic E-state index is 0.226. The summed E-state index contributed by atoms with van der Waals surface area (Å²) in [4.78, 5) is 10.8. The van der Waals surface area contributed by atoms with Crippen molar-refractivity contribution in [2.75, 3.05) is 26.9 Å². The Labute approximate surface area is 88.9 Å². The van der Waals surface area contributed by atoms with Crippen molar-refractivity contribution in [1.82, 2.24) is 0 Å². The summed E-state index contributed by atoms with van der Waals surface area (Å²) in [5.41, 5.74) is -0.296. The molecule has 0 N–H and O–H groups in total. The van der Waals surface area contributed by atoms with Crippen molar-refractivity contribution in [2.45, 2.75) is 13.3 Å². The Morgan fingerprint density at radius 2 is 2.13 bits per heavy atom. The zero-order valence-corrected chi connectivity index (χ0v) is 9.08. The van der Waals surface area contributed by atoms with Crippen LogP contribution in [-0.4, -0.2) is 33.1 Å². The molecule has 1 saturated heterocycles. The molecule has 1 fully saturated rings. The summed E-state index contributed by atoms with van der Waals surface area (Å²) in [7, 11) is 1.27. The van der Waals surface area contributed by atoms with E-state index in [0.29, 0.717) is 19.2 Å². The molecule has 1 rings (SSSR count). The number of hydrogen-bond donors (Lipinski definition) is 0. The standard InChI is InChI=1S/C10H16O5/c1-4-10(7-15-9(11)12-3)5-13-8(2)14-6-10/h2,4-7H2,1,3H3. The van der Waals surface area contributed by atoms with Crippen LogP contribution in [0, 0.1) is 5.41 Å². The molecule has 0 amide bonds. The highest BCUT2D eigenvalue weighted by atomic mass is 16.7. The summed E-state index contributed by atoms with van der Waals surface area (Å²) in [6.45, 7) is 6.65. The van der Waals surface area contributed by atoms with Gasteiger partial charge in [0.1, 0.15) is 19.8 Å². The molecule has 0 unspecified atom stereocenters. The summed E-state index contributed by atoms with van der Waals surface area (Å²) in [5.74, 6) is 0.317. The first-order valence-corrected chi connectivity index (χ1v) is 4.77. The molecular formula is C10H16O5. The van der Waals surface area contributed by atoms with E-state index in [1.807, 2.05) is 6.92 Å². The number of methoxy groups -OCH3 is 1. The highest BCUT2D eigenvalue weighted by molar-refractivity contribution is 5.59. The lowest BCUT2D eigenvalue weighted by Crippen LogP contribution is -2.40. The summed E-state index contributed by atoms with van der Waals surface area (Å²) >= 11 is 0. The normalized spacial score (nSPS) is 18.7. The maximum absolute atomic E-state index is 10.8. The lowest BCUT2D eigenvalue weighted by molar-refractivity contribution is -0.122. The first-order valence-electron chi connectivity index (χ1n) is 4.77. The predicted octanol–water partition coefficient (Wildman–Crippen LogP) is 1.68. The third-order valence-corrected chi connectivity index (χ3v) is 2.49. The van der Waals surface area contributed by atoms with Crippen LogP contribution in [0.4, 0.5) is 4.79 Å². The monoisotopic (exact) mass is 216 g/mol. The van der Waals surface area contributed by atoms with Crippen molar-refractivity contribution in [3.63, 3.8) is 0 Å². The van der Waals surface area contributed by atoms with E-state index in [1.54, 1.807) is 0 Å². The molecule has 1 heterocycles. The van der Waals surface area contributed by atoms with Crippen LogP contribution in [0.25, 0.3) is 0 Å². The SMILES string of the molecule is C=C1OCC(CC)(COC(=O)OC)CO1. The Bertz CT molecular complexity index is 238. The Balaban J connectivity index is 2.46. The third-order valence-electron chi connectivity index (χ3n) is 2.49. The Morgan fingerprint density at radius 3 is 2.60 bits per heavy atom. The van der Waals surface area contributed by atoms with Gasteiger partial charge in [0.2, 0.25) is 0 Å². The lowest BCUT2D eigenvalue weighted by Gasteiger charge is -2.35. The van der Waals surface area contributed by atoms with Gasteiger partial charge in [-0.05, 0) is 13.0 Å². The van der Waals surface area contributed by atoms with E-state index in [-0.39, 0.29) is 12.0 Å². The zero-order valence-electron chi connectivity index (χ0n) is 9.08. The zero-order chi connectivity index (χ0) is 11.3. The van der Waals surface area contributed by atoms with Crippen molar-refractivity contribution in [3.8, 4) is 0 Å². The molecule has 5 heteroatoms. The molecule has 1 aliphatic rings. The van der Waals surface area contributed by atoms with Crippen molar-refractivity contribution in [1.29, 1.82) is 0 Å². The van der Waals surface area contributed by atoms with Gasteiger partial charge >= 0.3 is 6.16 Å². The number of rotatable bonds is 3. The molecule has 0 radical (unpaired) electrons. The Hall–Kier alpha value is -1.39. The Morgan fingerprint density at radius 1 is 1.53 bits per heavy atom. The number of hydrogen-bond acceptors (Lipinski definition) is 5. The number of ether oxygens (including phenoxy) is 4. The van der Waals surface area contributed by atoms with E-state index in [2.05, 4.69) is 11.3 Å². The first-order chi connectivity index (χ1) is 7.12. The molecule has 15 heavy (non-hydrogen) atoms. The van der Waals surface area contributed by atoms with Gasteiger partial charge in [0.15, 0.2) is 0 Å². The Kier molecular flexibility index (Phi) is 3.82. The van der Waals surface area contributed by atoms with Crippen LogP contribution in [0.2, 0.25) is 0 Å². The second-order valence-corrected chi connectivity index (χ2v) is 3.55. The van der Waals surface area contributed by atoms with Gasteiger partial charge < -0.3 is 18.9 Å². The van der Waals surface area contributed by atoms with Crippen LogP contribution in [0.15, 0.2) is 12.5 Å². The molecule has 0 bridgehead atoms. The van der Waals surface area contributed by atoms with E-state index < -0.39 is 6.16 Å². The van der Waals surface area contributed by atoms with Gasteiger partial charge in [-0.3, -0.25) is 0 Å². The van der Waals surface area contributed by atoms with Gasteiger partial charge in [-0.2, -0.15) is 0 Å². The molecule has 1 aliphatic heterocycles. The molecule has 0 aliphatic carbocycles. The summed E-state index contributed by atoms with van der Waals surface area (Å²) in [6, 6.07) is 0. The maximum atomic E-state index is 10.8. The average Bonchev–Trinajstić information content (AvgIpc) is 2.28. The van der Waals surface area contributed by atoms with E-state index in [0.717, 1.165) is 6.42 Å². The largest absolute Gasteiger partial charge is 0.508 e. The van der Waals surface area contributed by atoms with Crippen LogP contribution < -0.4 is 0 Å². The van der Waals surface area contributed by atoms with E-state index in [1.165, 1.54) is 7.11 Å². The average molecular weight is 216 g/mol. The smallest absolute Gasteiger partial charge is 0.465 e. The van der Waals surface area contributed by atoms with Crippen LogP contribution in [-0.2, 0) is 18.9 Å². The number of carbonyl (C=O) groups is 1. The van der Waals surface area contributed by atoms with Gasteiger partial charge in [-0.15, -0.1) is 0 Å². The first kappa shape index (κ1) is 11.7. The quantitative estimate of drug-likeness (QED) is 0.672. The minimum Gasteiger partial charge on any atom is -0.465 e. The highest BCUT2D eigenvalue weighted by Gasteiger charge is 2.36. The van der Waals surface area contributed by atoms with E-state index >= 15 is 0 Å². The molecule has 86 valence electrons. The van der Waals surface area contributed by atoms with Gasteiger partial charge in [0.05, 0.1) is 12.5 Å². The maximum Gasteiger partial charge on any atom is 0.508 e. The fourth-order valence-corrected chi connectivity index (χ4v) is 1.21. The van der Waals surface area contributed by atoms with Crippen LogP contribution in [0.1, 0.15) is 13.3 Å². The molecule has 0 atom stereocenters. The van der Waals surface area contributed by atoms with E-state index in [4.69, 9.17) is 14.2 Å². The van der Waals surface area contributed by atoms with Crippen molar-refractivity contribution in [2.24, 2.45) is 5.41 Å². The molecule has 5 nitrogen and oxygen atoms in total. The topological polar surface area (TPSA) is 54.0 Å². The summed E-state index contributed by atoms with van der Waals surface area (Å²) < 4.78 is 19.7. The predicted molar refractivity (Wildman–Crippen MR) is 52.1 cm³/mol. The summed E-state index contributed by atoms with van der Waals surface area (Å²) in [6.07, 6.45) is 0.101. The second-order valence-electron chi connectivity index (χ2n) is 3.55. The molecule has 0 saturated carbocycles. The van der Waals surface area contributed by atoms with Crippen molar-refractivity contribution >= 4 is 6.16 Å². The van der Waals surface area contributed by atoms with Crippen LogP contribution in [0.5, 0.6) is 0 Å². The molecule has 0 aromatic rings. The van der Waals surface area contributed by atoms with E-state index in [9.17, 15) is 4.79 Å². The fourth-order valence-electron chi connectivity index (χ4n) is 1.21. The van der Waals surface area contributed by atoms with Crippen LogP contribution >= 0.6 is 0 Å². The lowest BCUT2D eigenvalue weighted by atomic mass is 9.87. The summed E-state index contributed by atoms with van der Waals surface area (Å²) in [5, 5.41) is 0. The van der Waals surface area contributed by atoms with Crippen molar-refractivity contribution in [3.05, 3.63) is 12.5 Å². The molecule has 0 aromatic carbocycles. The van der Waals surface area contributed by atoms with Gasteiger partial charge in [-0.25, -0.2) is 4.79 Å². The second kappa shape index (κ2) is 4.91. The number of carbonyl (C=O) groups excluding carboxylic acids is 1. The van der Waals surface area contributed by atoms with Gasteiger partial charge in [0.25, 0.3) is 5.95 Å². The minimum atomic E-state index is -0.688. The molecule has 0 spiro atoms.